The molecule has 0 aliphatic heterocycles. The van der Waals surface area contributed by atoms with Crippen LogP contribution in [0.3, 0.4) is 0 Å². The number of halogens is 1. The van der Waals surface area contributed by atoms with Gasteiger partial charge in [-0.05, 0) is 20.8 Å². The molecule has 0 radical (unpaired) electrons. The Balaban J connectivity index is 2.77. The average molecular weight is 210 g/mol. The number of rotatable bonds is 1. The van der Waals surface area contributed by atoms with Crippen molar-refractivity contribution >= 4 is 22.6 Å². The first kappa shape index (κ1) is 9.46. The predicted octanol–water partition coefficient (Wildman–Crippen LogP) is 2.97. The molecule has 0 aliphatic carbocycles. The van der Waals surface area contributed by atoms with Crippen LogP contribution in [-0.4, -0.2) is 14.5 Å². The van der Waals surface area contributed by atoms with E-state index >= 15 is 0 Å². The molecule has 0 saturated carbocycles. The first-order valence-electron chi connectivity index (χ1n) is 4.59. The number of hydrogen-bond acceptors (Lipinski definition) is 2. The van der Waals surface area contributed by atoms with Crippen LogP contribution >= 0.6 is 11.6 Å². The second-order valence-electron chi connectivity index (χ2n) is 3.62. The fraction of sp³-hybridized carbons (Fsp3) is 0.400. The Bertz CT molecular complexity index is 473. The van der Waals surface area contributed by atoms with E-state index < -0.39 is 0 Å². The van der Waals surface area contributed by atoms with Crippen molar-refractivity contribution in [2.75, 3.05) is 0 Å². The van der Waals surface area contributed by atoms with E-state index in [-0.39, 0.29) is 0 Å². The Morgan fingerprint density at radius 1 is 1.43 bits per heavy atom. The molecule has 0 fully saturated rings. The number of hydrogen-bond donors (Lipinski definition) is 0. The van der Waals surface area contributed by atoms with E-state index in [4.69, 9.17) is 11.6 Å². The van der Waals surface area contributed by atoms with Gasteiger partial charge in [0.1, 0.15) is 11.0 Å². The first-order chi connectivity index (χ1) is 6.59. The Hall–Kier alpha value is -1.09. The van der Waals surface area contributed by atoms with Gasteiger partial charge in [0.15, 0.2) is 0 Å². The molecule has 0 atom stereocenters. The maximum absolute atomic E-state index is 5.80. The van der Waals surface area contributed by atoms with Crippen molar-refractivity contribution in [3.63, 3.8) is 0 Å². The van der Waals surface area contributed by atoms with Crippen molar-refractivity contribution in [1.82, 2.24) is 14.5 Å². The molecule has 74 valence electrons. The molecule has 0 bridgehead atoms. The summed E-state index contributed by atoms with van der Waals surface area (Å²) < 4.78 is 2.15. The van der Waals surface area contributed by atoms with E-state index in [1.807, 2.05) is 6.92 Å². The van der Waals surface area contributed by atoms with E-state index in [0.29, 0.717) is 11.2 Å². The fourth-order valence-electron chi connectivity index (χ4n) is 1.74. The van der Waals surface area contributed by atoms with Gasteiger partial charge in [0.2, 0.25) is 0 Å². The SMILES string of the molecule is Cc1nc2cc(Cl)ncc2n1C(C)C. The third kappa shape index (κ3) is 1.38. The summed E-state index contributed by atoms with van der Waals surface area (Å²) in [6, 6.07) is 2.19. The molecule has 2 aromatic heterocycles. The van der Waals surface area contributed by atoms with E-state index in [1.54, 1.807) is 12.3 Å². The van der Waals surface area contributed by atoms with Gasteiger partial charge >= 0.3 is 0 Å². The van der Waals surface area contributed by atoms with Gasteiger partial charge in [-0.2, -0.15) is 0 Å². The van der Waals surface area contributed by atoms with Gasteiger partial charge in [0.25, 0.3) is 0 Å². The van der Waals surface area contributed by atoms with Gasteiger partial charge in [-0.25, -0.2) is 9.97 Å². The minimum absolute atomic E-state index is 0.392. The molecule has 0 amide bonds. The summed E-state index contributed by atoms with van der Waals surface area (Å²) >= 11 is 5.80. The van der Waals surface area contributed by atoms with E-state index in [0.717, 1.165) is 16.9 Å². The van der Waals surface area contributed by atoms with Gasteiger partial charge in [0, 0.05) is 12.1 Å². The molecule has 4 heteroatoms. The number of nitrogens with zero attached hydrogens (tertiary/aromatic N) is 3. The Kier molecular flexibility index (Phi) is 2.19. The van der Waals surface area contributed by atoms with Crippen LogP contribution in [-0.2, 0) is 0 Å². The number of aromatic nitrogens is 3. The van der Waals surface area contributed by atoms with Crippen LogP contribution in [0.4, 0.5) is 0 Å². The highest BCUT2D eigenvalue weighted by Gasteiger charge is 2.10. The molecule has 0 spiro atoms. The molecule has 0 aromatic carbocycles. The number of pyridine rings is 1. The lowest BCUT2D eigenvalue weighted by atomic mass is 10.3. The Labute approximate surface area is 87.7 Å². The lowest BCUT2D eigenvalue weighted by Crippen LogP contribution is -2.02. The summed E-state index contributed by atoms with van der Waals surface area (Å²) in [5.74, 6) is 0.999. The standard InChI is InChI=1S/C10H12ClN3/c1-6(2)14-7(3)13-8-4-10(11)12-5-9(8)14/h4-6H,1-3H3. The summed E-state index contributed by atoms with van der Waals surface area (Å²) in [4.78, 5) is 8.50. The minimum Gasteiger partial charge on any atom is -0.324 e. The Morgan fingerprint density at radius 2 is 2.14 bits per heavy atom. The van der Waals surface area contributed by atoms with Crippen LogP contribution in [0.25, 0.3) is 11.0 Å². The van der Waals surface area contributed by atoms with Crippen LogP contribution in [0.15, 0.2) is 12.3 Å². The smallest absolute Gasteiger partial charge is 0.131 e. The molecular formula is C10H12ClN3. The van der Waals surface area contributed by atoms with Gasteiger partial charge in [-0.3, -0.25) is 0 Å². The Morgan fingerprint density at radius 3 is 2.79 bits per heavy atom. The normalized spacial score (nSPS) is 11.5. The van der Waals surface area contributed by atoms with Crippen LogP contribution in [0, 0.1) is 6.92 Å². The van der Waals surface area contributed by atoms with Crippen molar-refractivity contribution in [2.45, 2.75) is 26.8 Å². The molecule has 2 heterocycles. The maximum atomic E-state index is 5.80. The summed E-state index contributed by atoms with van der Waals surface area (Å²) in [7, 11) is 0. The highest BCUT2D eigenvalue weighted by atomic mass is 35.5. The van der Waals surface area contributed by atoms with Crippen LogP contribution in [0.2, 0.25) is 5.15 Å². The molecule has 0 N–H and O–H groups in total. The number of aryl methyl sites for hydroxylation is 1. The zero-order chi connectivity index (χ0) is 10.3. The van der Waals surface area contributed by atoms with Crippen LogP contribution in [0.5, 0.6) is 0 Å². The zero-order valence-electron chi connectivity index (χ0n) is 8.45. The maximum Gasteiger partial charge on any atom is 0.131 e. The molecule has 0 saturated heterocycles. The third-order valence-electron chi connectivity index (χ3n) is 2.24. The van der Waals surface area contributed by atoms with E-state index in [2.05, 4.69) is 28.4 Å². The molecular weight excluding hydrogens is 198 g/mol. The molecule has 3 nitrogen and oxygen atoms in total. The van der Waals surface area contributed by atoms with Crippen molar-refractivity contribution in [2.24, 2.45) is 0 Å². The molecule has 2 rings (SSSR count). The summed E-state index contributed by atoms with van der Waals surface area (Å²) in [6.45, 7) is 6.25. The van der Waals surface area contributed by atoms with Gasteiger partial charge < -0.3 is 4.57 Å². The third-order valence-corrected chi connectivity index (χ3v) is 2.44. The topological polar surface area (TPSA) is 30.7 Å². The predicted molar refractivity (Wildman–Crippen MR) is 57.7 cm³/mol. The van der Waals surface area contributed by atoms with Crippen LogP contribution < -0.4 is 0 Å². The summed E-state index contributed by atoms with van der Waals surface area (Å²) in [5, 5.41) is 0.492. The van der Waals surface area contributed by atoms with E-state index in [9.17, 15) is 0 Å². The summed E-state index contributed by atoms with van der Waals surface area (Å²) in [6.07, 6.45) is 1.78. The van der Waals surface area contributed by atoms with Crippen LogP contribution in [0.1, 0.15) is 25.7 Å². The largest absolute Gasteiger partial charge is 0.324 e. The zero-order valence-corrected chi connectivity index (χ0v) is 9.21. The van der Waals surface area contributed by atoms with Crippen molar-refractivity contribution in [3.8, 4) is 0 Å². The van der Waals surface area contributed by atoms with Crippen molar-refractivity contribution in [3.05, 3.63) is 23.2 Å². The van der Waals surface area contributed by atoms with E-state index in [1.165, 1.54) is 0 Å². The average Bonchev–Trinajstić information content (AvgIpc) is 2.39. The molecule has 0 aliphatic rings. The second-order valence-corrected chi connectivity index (χ2v) is 4.01. The van der Waals surface area contributed by atoms with Gasteiger partial charge in [-0.15, -0.1) is 0 Å². The lowest BCUT2D eigenvalue weighted by molar-refractivity contribution is 0.599. The minimum atomic E-state index is 0.392. The quantitative estimate of drug-likeness (QED) is 0.676. The fourth-order valence-corrected chi connectivity index (χ4v) is 1.89. The lowest BCUT2D eigenvalue weighted by Gasteiger charge is -2.09. The molecule has 14 heavy (non-hydrogen) atoms. The van der Waals surface area contributed by atoms with Crippen molar-refractivity contribution in [1.29, 1.82) is 0 Å². The monoisotopic (exact) mass is 209 g/mol. The highest BCUT2D eigenvalue weighted by molar-refractivity contribution is 6.29. The first-order valence-corrected chi connectivity index (χ1v) is 4.97. The number of fused-ring (bicyclic) bond motifs is 1. The highest BCUT2D eigenvalue weighted by Crippen LogP contribution is 2.21. The molecule has 2 aromatic rings. The summed E-state index contributed by atoms with van der Waals surface area (Å²) in [5.41, 5.74) is 1.96. The van der Waals surface area contributed by atoms with Crippen molar-refractivity contribution < 1.29 is 0 Å². The molecule has 0 unspecified atom stereocenters. The van der Waals surface area contributed by atoms with Gasteiger partial charge in [-0.1, -0.05) is 11.6 Å². The number of imidazole rings is 1. The second kappa shape index (κ2) is 3.24. The van der Waals surface area contributed by atoms with Gasteiger partial charge in [0.05, 0.1) is 17.2 Å².